The van der Waals surface area contributed by atoms with Crippen LogP contribution in [0.1, 0.15) is 31.1 Å². The molecule has 2 N–H and O–H groups in total. The molecule has 2 aromatic rings. The van der Waals surface area contributed by atoms with Crippen LogP contribution in [0.4, 0.5) is 5.69 Å². The van der Waals surface area contributed by atoms with E-state index < -0.39 is 0 Å². The lowest BCUT2D eigenvalue weighted by Gasteiger charge is -2.28. The van der Waals surface area contributed by atoms with Gasteiger partial charge in [0.2, 0.25) is 0 Å². The van der Waals surface area contributed by atoms with Crippen LogP contribution in [-0.4, -0.2) is 19.1 Å². The zero-order chi connectivity index (χ0) is 15.4. The summed E-state index contributed by atoms with van der Waals surface area (Å²) < 4.78 is 6.14. The van der Waals surface area contributed by atoms with Crippen molar-refractivity contribution >= 4 is 5.69 Å². The number of benzene rings is 2. The number of rotatable bonds is 5. The molecule has 2 aromatic carbocycles. The first-order valence-corrected chi connectivity index (χ1v) is 8.04. The molecule has 0 aliphatic carbocycles. The van der Waals surface area contributed by atoms with Crippen molar-refractivity contribution in [3.8, 4) is 5.75 Å². The van der Waals surface area contributed by atoms with Gasteiger partial charge in [-0.1, -0.05) is 50.2 Å². The van der Waals surface area contributed by atoms with Crippen molar-refractivity contribution in [3.63, 3.8) is 0 Å². The highest BCUT2D eigenvalue weighted by Gasteiger charge is 2.20. The molecule has 1 aliphatic rings. The molecule has 1 atom stereocenters. The van der Waals surface area contributed by atoms with Gasteiger partial charge in [-0.2, -0.15) is 0 Å². The van der Waals surface area contributed by atoms with E-state index in [0.717, 1.165) is 30.9 Å². The minimum absolute atomic E-state index is 0.0853. The molecule has 0 aromatic heterocycles. The summed E-state index contributed by atoms with van der Waals surface area (Å²) in [5.41, 5.74) is 3.65. The summed E-state index contributed by atoms with van der Waals surface area (Å²) in [6.07, 6.45) is 1.12. The fourth-order valence-electron chi connectivity index (χ4n) is 2.73. The molecule has 0 saturated heterocycles. The van der Waals surface area contributed by atoms with Crippen molar-refractivity contribution in [1.29, 1.82) is 0 Å². The highest BCUT2D eigenvalue weighted by molar-refractivity contribution is 5.60. The second-order valence-electron chi connectivity index (χ2n) is 6.09. The van der Waals surface area contributed by atoms with Gasteiger partial charge in [0.15, 0.2) is 0 Å². The standard InChI is InChI=1S/C19H24N2O/c1-14(2)20-11-10-15-8-9-18-17(12-15)21-13-19(22-18)16-6-4-3-5-7-16/h3-9,12,14,19-21H,10-11,13H2,1-2H3. The highest BCUT2D eigenvalue weighted by Crippen LogP contribution is 2.34. The molecule has 1 aliphatic heterocycles. The van der Waals surface area contributed by atoms with Gasteiger partial charge in [-0.05, 0) is 36.2 Å². The van der Waals surface area contributed by atoms with Crippen LogP contribution in [0.25, 0.3) is 0 Å². The average molecular weight is 296 g/mol. The number of hydrogen-bond donors (Lipinski definition) is 2. The van der Waals surface area contributed by atoms with Crippen LogP contribution in [0.3, 0.4) is 0 Å². The Bertz CT molecular complexity index is 610. The quantitative estimate of drug-likeness (QED) is 0.881. The molecule has 0 spiro atoms. The van der Waals surface area contributed by atoms with E-state index in [4.69, 9.17) is 4.74 Å². The summed E-state index contributed by atoms with van der Waals surface area (Å²) in [4.78, 5) is 0. The van der Waals surface area contributed by atoms with Gasteiger partial charge in [0, 0.05) is 6.04 Å². The van der Waals surface area contributed by atoms with Gasteiger partial charge in [-0.15, -0.1) is 0 Å². The van der Waals surface area contributed by atoms with E-state index in [1.807, 2.05) is 6.07 Å². The van der Waals surface area contributed by atoms with Gasteiger partial charge >= 0.3 is 0 Å². The predicted octanol–water partition coefficient (Wildman–Crippen LogP) is 3.77. The molecule has 22 heavy (non-hydrogen) atoms. The zero-order valence-electron chi connectivity index (χ0n) is 13.3. The molecular formula is C19H24N2O. The summed E-state index contributed by atoms with van der Waals surface area (Å²) in [6, 6.07) is 17.4. The molecule has 0 bridgehead atoms. The van der Waals surface area contributed by atoms with Gasteiger partial charge < -0.3 is 15.4 Å². The molecular weight excluding hydrogens is 272 g/mol. The zero-order valence-corrected chi connectivity index (χ0v) is 13.3. The van der Waals surface area contributed by atoms with E-state index in [0.29, 0.717) is 6.04 Å². The number of nitrogens with one attached hydrogen (secondary N) is 2. The Labute approximate surface area is 132 Å². The van der Waals surface area contributed by atoms with Gasteiger partial charge in [-0.25, -0.2) is 0 Å². The molecule has 3 nitrogen and oxygen atoms in total. The number of ether oxygens (including phenoxy) is 1. The van der Waals surface area contributed by atoms with E-state index >= 15 is 0 Å². The summed E-state index contributed by atoms with van der Waals surface area (Å²) in [5, 5.41) is 6.96. The van der Waals surface area contributed by atoms with Crippen LogP contribution in [-0.2, 0) is 6.42 Å². The minimum atomic E-state index is 0.0853. The molecule has 1 heterocycles. The van der Waals surface area contributed by atoms with Gasteiger partial charge in [0.05, 0.1) is 12.2 Å². The van der Waals surface area contributed by atoms with Crippen molar-refractivity contribution in [2.24, 2.45) is 0 Å². The van der Waals surface area contributed by atoms with Crippen molar-refractivity contribution < 1.29 is 4.74 Å². The lowest BCUT2D eigenvalue weighted by molar-refractivity contribution is 0.210. The van der Waals surface area contributed by atoms with Gasteiger partial charge in [0.25, 0.3) is 0 Å². The normalized spacial score (nSPS) is 16.8. The van der Waals surface area contributed by atoms with E-state index in [9.17, 15) is 0 Å². The Balaban J connectivity index is 1.66. The largest absolute Gasteiger partial charge is 0.482 e. The van der Waals surface area contributed by atoms with Crippen LogP contribution in [0.15, 0.2) is 48.5 Å². The lowest BCUT2D eigenvalue weighted by Crippen LogP contribution is -2.25. The number of hydrogen-bond acceptors (Lipinski definition) is 3. The molecule has 3 heteroatoms. The topological polar surface area (TPSA) is 33.3 Å². The lowest BCUT2D eigenvalue weighted by atomic mass is 10.1. The van der Waals surface area contributed by atoms with Crippen molar-refractivity contribution in [3.05, 3.63) is 59.7 Å². The molecule has 3 rings (SSSR count). The Hall–Kier alpha value is -2.00. The molecule has 0 radical (unpaired) electrons. The second-order valence-corrected chi connectivity index (χ2v) is 6.09. The Morgan fingerprint density at radius 1 is 1.18 bits per heavy atom. The summed E-state index contributed by atoms with van der Waals surface area (Å²) >= 11 is 0. The predicted molar refractivity (Wildman–Crippen MR) is 91.6 cm³/mol. The molecule has 0 saturated carbocycles. The van der Waals surface area contributed by atoms with E-state index in [1.165, 1.54) is 11.1 Å². The van der Waals surface area contributed by atoms with Crippen LogP contribution >= 0.6 is 0 Å². The third kappa shape index (κ3) is 3.60. The Morgan fingerprint density at radius 2 is 2.00 bits per heavy atom. The highest BCUT2D eigenvalue weighted by atomic mass is 16.5. The van der Waals surface area contributed by atoms with Crippen LogP contribution in [0, 0.1) is 0 Å². The minimum Gasteiger partial charge on any atom is -0.482 e. The third-order valence-electron chi connectivity index (χ3n) is 3.93. The van der Waals surface area contributed by atoms with Gasteiger partial charge in [-0.3, -0.25) is 0 Å². The molecule has 116 valence electrons. The van der Waals surface area contributed by atoms with E-state index in [-0.39, 0.29) is 6.10 Å². The Kier molecular flexibility index (Phi) is 4.64. The second kappa shape index (κ2) is 6.84. The maximum absolute atomic E-state index is 6.14. The van der Waals surface area contributed by atoms with E-state index in [2.05, 4.69) is 66.9 Å². The van der Waals surface area contributed by atoms with Crippen LogP contribution < -0.4 is 15.4 Å². The fourth-order valence-corrected chi connectivity index (χ4v) is 2.73. The van der Waals surface area contributed by atoms with Gasteiger partial charge in [0.1, 0.15) is 11.9 Å². The molecule has 0 amide bonds. The molecule has 0 fully saturated rings. The summed E-state index contributed by atoms with van der Waals surface area (Å²) in [7, 11) is 0. The first-order valence-electron chi connectivity index (χ1n) is 8.04. The van der Waals surface area contributed by atoms with Crippen LogP contribution in [0.5, 0.6) is 5.75 Å². The first-order chi connectivity index (χ1) is 10.7. The van der Waals surface area contributed by atoms with Crippen molar-refractivity contribution in [2.45, 2.75) is 32.4 Å². The third-order valence-corrected chi connectivity index (χ3v) is 3.93. The summed E-state index contributed by atoms with van der Waals surface area (Å²) in [6.45, 7) is 6.16. The van der Waals surface area contributed by atoms with Crippen molar-refractivity contribution in [1.82, 2.24) is 5.32 Å². The number of fused-ring (bicyclic) bond motifs is 1. The monoisotopic (exact) mass is 296 g/mol. The smallest absolute Gasteiger partial charge is 0.143 e. The van der Waals surface area contributed by atoms with E-state index in [1.54, 1.807) is 0 Å². The summed E-state index contributed by atoms with van der Waals surface area (Å²) in [5.74, 6) is 0.945. The maximum Gasteiger partial charge on any atom is 0.143 e. The fraction of sp³-hybridized carbons (Fsp3) is 0.368. The Morgan fingerprint density at radius 3 is 2.77 bits per heavy atom. The van der Waals surface area contributed by atoms with Crippen LogP contribution in [0.2, 0.25) is 0 Å². The first kappa shape index (κ1) is 14.9. The van der Waals surface area contributed by atoms with Crippen molar-refractivity contribution in [2.75, 3.05) is 18.4 Å². The number of anilines is 1. The SMILES string of the molecule is CC(C)NCCc1ccc2c(c1)NCC(c1ccccc1)O2. The maximum atomic E-state index is 6.14. The average Bonchev–Trinajstić information content (AvgIpc) is 2.55. The molecule has 1 unspecified atom stereocenters.